The minimum Gasteiger partial charge on any atom is -0.480 e. The number of methoxy groups -OCH3 is 1. The first kappa shape index (κ1) is 13.9. The van der Waals surface area contributed by atoms with Gasteiger partial charge in [-0.2, -0.15) is 0 Å². The lowest BCUT2D eigenvalue weighted by Gasteiger charge is -2.10. The smallest absolute Gasteiger partial charge is 0.235 e. The molecule has 0 aliphatic rings. The number of carbonyl (C=O) groups is 1. The summed E-state index contributed by atoms with van der Waals surface area (Å²) >= 11 is 3.12. The van der Waals surface area contributed by atoms with E-state index in [1.54, 1.807) is 0 Å². The molecule has 0 aromatic carbocycles. The first-order valence-corrected chi connectivity index (χ1v) is 6.87. The summed E-state index contributed by atoms with van der Waals surface area (Å²) in [5, 5.41) is -1.30. The first-order valence-electron chi connectivity index (χ1n) is 4.53. The molecule has 0 aliphatic heterocycles. The maximum atomic E-state index is 11.9. The van der Waals surface area contributed by atoms with Gasteiger partial charge in [0.2, 0.25) is 11.8 Å². The van der Waals surface area contributed by atoms with Crippen molar-refractivity contribution in [3.8, 4) is 5.88 Å². The molecule has 0 bridgehead atoms. The molecule has 17 heavy (non-hydrogen) atoms. The number of sulfone groups is 1. The van der Waals surface area contributed by atoms with E-state index in [0.29, 0.717) is 4.47 Å². The average molecular weight is 323 g/mol. The van der Waals surface area contributed by atoms with Gasteiger partial charge in [0, 0.05) is 6.20 Å². The number of halogens is 1. The van der Waals surface area contributed by atoms with E-state index in [-0.39, 0.29) is 10.8 Å². The standard InChI is InChI=1S/C9H11BrN2O4S/c1-5(8(11)13)17(14,15)6-3-7(10)9(16-2)12-4-6/h3-5H,1-2H3,(H2,11,13). The lowest BCUT2D eigenvalue weighted by Crippen LogP contribution is -2.33. The van der Waals surface area contributed by atoms with Gasteiger partial charge in [-0.25, -0.2) is 13.4 Å². The normalized spacial score (nSPS) is 13.1. The van der Waals surface area contributed by atoms with Crippen LogP contribution in [0.3, 0.4) is 0 Å². The van der Waals surface area contributed by atoms with Gasteiger partial charge in [0.05, 0.1) is 16.5 Å². The molecule has 0 saturated carbocycles. The Morgan fingerprint density at radius 3 is 2.59 bits per heavy atom. The van der Waals surface area contributed by atoms with Crippen LogP contribution in [-0.4, -0.2) is 31.7 Å². The van der Waals surface area contributed by atoms with Crippen molar-refractivity contribution in [2.24, 2.45) is 5.73 Å². The van der Waals surface area contributed by atoms with E-state index in [2.05, 4.69) is 20.9 Å². The summed E-state index contributed by atoms with van der Waals surface area (Å²) in [4.78, 5) is 14.6. The highest BCUT2D eigenvalue weighted by Crippen LogP contribution is 2.26. The van der Waals surface area contributed by atoms with E-state index in [4.69, 9.17) is 10.5 Å². The molecule has 1 unspecified atom stereocenters. The number of carbonyl (C=O) groups excluding carboxylic acids is 1. The molecule has 0 spiro atoms. The second-order valence-electron chi connectivity index (χ2n) is 3.25. The summed E-state index contributed by atoms with van der Waals surface area (Å²) in [6, 6.07) is 1.32. The predicted molar refractivity (Wildman–Crippen MR) is 64.3 cm³/mol. The van der Waals surface area contributed by atoms with Crippen LogP contribution in [-0.2, 0) is 14.6 Å². The van der Waals surface area contributed by atoms with E-state index >= 15 is 0 Å². The Labute approximate surface area is 107 Å². The van der Waals surface area contributed by atoms with Crippen LogP contribution in [0.25, 0.3) is 0 Å². The third kappa shape index (κ3) is 2.75. The average Bonchev–Trinajstić information content (AvgIpc) is 2.27. The molecule has 6 nitrogen and oxygen atoms in total. The number of nitrogens with two attached hydrogens (primary N) is 1. The summed E-state index contributed by atoms with van der Waals surface area (Å²) in [6.45, 7) is 1.23. The van der Waals surface area contributed by atoms with Crippen LogP contribution in [0.2, 0.25) is 0 Å². The first-order chi connectivity index (χ1) is 7.80. The summed E-state index contributed by atoms with van der Waals surface area (Å²) < 4.78 is 29.1. The van der Waals surface area contributed by atoms with Crippen LogP contribution < -0.4 is 10.5 Å². The van der Waals surface area contributed by atoms with Gasteiger partial charge in [-0.05, 0) is 28.9 Å². The summed E-state index contributed by atoms with van der Waals surface area (Å²) in [6.07, 6.45) is 1.12. The van der Waals surface area contributed by atoms with Crippen LogP contribution >= 0.6 is 15.9 Å². The monoisotopic (exact) mass is 322 g/mol. The number of aromatic nitrogens is 1. The van der Waals surface area contributed by atoms with Crippen LogP contribution in [0.15, 0.2) is 21.6 Å². The molecule has 1 atom stereocenters. The fourth-order valence-electron chi connectivity index (χ4n) is 1.07. The largest absolute Gasteiger partial charge is 0.480 e. The van der Waals surface area contributed by atoms with E-state index in [0.717, 1.165) is 6.20 Å². The topological polar surface area (TPSA) is 99.3 Å². The molecule has 1 amide bonds. The Balaban J connectivity index is 3.26. The van der Waals surface area contributed by atoms with E-state index < -0.39 is 21.0 Å². The van der Waals surface area contributed by atoms with Crippen LogP contribution in [0.1, 0.15) is 6.92 Å². The third-order valence-electron chi connectivity index (χ3n) is 2.17. The molecular formula is C9H11BrN2O4S. The fourth-order valence-corrected chi connectivity index (χ4v) is 2.93. The number of ether oxygens (including phenoxy) is 1. The lowest BCUT2D eigenvalue weighted by atomic mass is 10.5. The molecule has 0 radical (unpaired) electrons. The van der Waals surface area contributed by atoms with E-state index in [1.165, 1.54) is 20.1 Å². The molecule has 2 N–H and O–H groups in total. The Kier molecular flexibility index (Phi) is 4.10. The van der Waals surface area contributed by atoms with Gasteiger partial charge in [-0.3, -0.25) is 4.79 Å². The number of amides is 1. The van der Waals surface area contributed by atoms with Crippen LogP contribution in [0.4, 0.5) is 0 Å². The SMILES string of the molecule is COc1ncc(S(=O)(=O)C(C)C(N)=O)cc1Br. The van der Waals surface area contributed by atoms with Gasteiger partial charge in [0.25, 0.3) is 0 Å². The molecular weight excluding hydrogens is 312 g/mol. The van der Waals surface area contributed by atoms with E-state index in [1.807, 2.05) is 0 Å². The van der Waals surface area contributed by atoms with Crippen molar-refractivity contribution in [1.29, 1.82) is 0 Å². The molecule has 1 heterocycles. The van der Waals surface area contributed by atoms with Gasteiger partial charge >= 0.3 is 0 Å². The molecule has 94 valence electrons. The molecule has 0 fully saturated rings. The maximum absolute atomic E-state index is 11.9. The van der Waals surface area contributed by atoms with Crippen molar-refractivity contribution in [1.82, 2.24) is 4.98 Å². The molecule has 0 aliphatic carbocycles. The van der Waals surface area contributed by atoms with Gasteiger partial charge < -0.3 is 10.5 Å². The zero-order valence-electron chi connectivity index (χ0n) is 9.18. The van der Waals surface area contributed by atoms with Gasteiger partial charge in [0.1, 0.15) is 5.25 Å². The predicted octanol–water partition coefficient (Wildman–Crippen LogP) is 0.500. The number of hydrogen-bond donors (Lipinski definition) is 1. The minimum absolute atomic E-state index is 0.0866. The van der Waals surface area contributed by atoms with Gasteiger partial charge in [-0.1, -0.05) is 0 Å². The highest BCUT2D eigenvalue weighted by Gasteiger charge is 2.28. The van der Waals surface area contributed by atoms with E-state index in [9.17, 15) is 13.2 Å². The zero-order valence-corrected chi connectivity index (χ0v) is 11.6. The second kappa shape index (κ2) is 5.01. The number of primary amides is 1. The van der Waals surface area contributed by atoms with Crippen LogP contribution in [0.5, 0.6) is 5.88 Å². The Morgan fingerprint density at radius 1 is 1.59 bits per heavy atom. The fraction of sp³-hybridized carbons (Fsp3) is 0.333. The Bertz CT molecular complexity index is 544. The number of rotatable bonds is 4. The molecule has 8 heteroatoms. The number of nitrogens with zero attached hydrogens (tertiary/aromatic N) is 1. The van der Waals surface area contributed by atoms with Gasteiger partial charge in [0.15, 0.2) is 9.84 Å². The van der Waals surface area contributed by atoms with Crippen molar-refractivity contribution in [2.45, 2.75) is 17.1 Å². The van der Waals surface area contributed by atoms with Crippen LogP contribution in [0, 0.1) is 0 Å². The number of hydrogen-bond acceptors (Lipinski definition) is 5. The highest BCUT2D eigenvalue weighted by molar-refractivity contribution is 9.10. The van der Waals surface area contributed by atoms with Crippen molar-refractivity contribution in [3.63, 3.8) is 0 Å². The van der Waals surface area contributed by atoms with Crippen molar-refractivity contribution >= 4 is 31.7 Å². The molecule has 1 rings (SSSR count). The van der Waals surface area contributed by atoms with Crippen molar-refractivity contribution in [3.05, 3.63) is 16.7 Å². The van der Waals surface area contributed by atoms with Crippen molar-refractivity contribution < 1.29 is 17.9 Å². The molecule has 1 aromatic rings. The summed E-state index contributed by atoms with van der Waals surface area (Å²) in [5.74, 6) is -0.646. The summed E-state index contributed by atoms with van der Waals surface area (Å²) in [7, 11) is -2.40. The molecule has 1 aromatic heterocycles. The quantitative estimate of drug-likeness (QED) is 0.870. The summed E-state index contributed by atoms with van der Waals surface area (Å²) in [5.41, 5.74) is 4.98. The molecule has 0 saturated heterocycles. The zero-order chi connectivity index (χ0) is 13.2. The Hall–Kier alpha value is -1.15. The van der Waals surface area contributed by atoms with Gasteiger partial charge in [-0.15, -0.1) is 0 Å². The maximum Gasteiger partial charge on any atom is 0.235 e. The second-order valence-corrected chi connectivity index (χ2v) is 6.37. The highest BCUT2D eigenvalue weighted by atomic mass is 79.9. The number of pyridine rings is 1. The lowest BCUT2D eigenvalue weighted by molar-refractivity contribution is -0.117. The minimum atomic E-state index is -3.81. The third-order valence-corrected chi connectivity index (χ3v) is 4.78. The van der Waals surface area contributed by atoms with Crippen molar-refractivity contribution in [2.75, 3.05) is 7.11 Å². The Morgan fingerprint density at radius 2 is 2.18 bits per heavy atom.